The van der Waals surface area contributed by atoms with E-state index >= 15 is 0 Å². The molecule has 1 aliphatic rings. The Balaban J connectivity index is 1.58. The molecule has 3 aromatic rings. The van der Waals surface area contributed by atoms with Gasteiger partial charge in [-0.3, -0.25) is 14.5 Å². The highest BCUT2D eigenvalue weighted by atomic mass is 35.5. The van der Waals surface area contributed by atoms with Crippen LogP contribution in [0.3, 0.4) is 0 Å². The molecule has 9 nitrogen and oxygen atoms in total. The van der Waals surface area contributed by atoms with Gasteiger partial charge in [0, 0.05) is 17.3 Å². The van der Waals surface area contributed by atoms with E-state index in [4.69, 9.17) is 38.0 Å². The predicted octanol–water partition coefficient (Wildman–Crippen LogP) is 5.07. The van der Waals surface area contributed by atoms with Gasteiger partial charge in [-0.2, -0.15) is 0 Å². The molecule has 1 atom stereocenters. The molecule has 4 rings (SSSR count). The normalized spacial score (nSPS) is 14.8. The number of carbonyl (C=O) groups excluding carboxylic acids is 3. The number of nitrogens with one attached hydrogen (secondary N) is 1. The number of esters is 1. The maximum Gasteiger partial charge on any atom is 0.338 e. The van der Waals surface area contributed by atoms with Gasteiger partial charge >= 0.3 is 5.97 Å². The molecule has 2 amide bonds. The third kappa shape index (κ3) is 6.35. The van der Waals surface area contributed by atoms with Gasteiger partial charge in [0.05, 0.1) is 38.5 Å². The number of methoxy groups -OCH3 is 2. The van der Waals surface area contributed by atoms with Crippen LogP contribution in [0.5, 0.6) is 11.5 Å². The molecule has 0 radical (unpaired) electrons. The maximum absolute atomic E-state index is 13.7. The van der Waals surface area contributed by atoms with Gasteiger partial charge in [0.25, 0.3) is 5.91 Å². The van der Waals surface area contributed by atoms with Crippen molar-refractivity contribution < 1.29 is 28.6 Å². The second kappa shape index (κ2) is 12.8. The first-order valence-electron chi connectivity index (χ1n) is 12.4. The van der Waals surface area contributed by atoms with Crippen molar-refractivity contribution in [3.8, 4) is 11.5 Å². The summed E-state index contributed by atoms with van der Waals surface area (Å²) in [6.07, 6.45) is -0.164. The molecule has 1 N–H and O–H groups in total. The molecule has 0 spiro atoms. The monoisotopic (exact) mass is 581 g/mol. The molecule has 40 heavy (non-hydrogen) atoms. The first kappa shape index (κ1) is 28.8. The molecular weight excluding hydrogens is 554 g/mol. The number of nitrogens with zero attached hydrogens (tertiary/aromatic N) is 2. The summed E-state index contributed by atoms with van der Waals surface area (Å²) in [6, 6.07) is 17.7. The molecule has 11 heteroatoms. The minimum absolute atomic E-state index is 0.164. The van der Waals surface area contributed by atoms with Gasteiger partial charge < -0.3 is 24.4 Å². The van der Waals surface area contributed by atoms with Crippen LogP contribution in [0.25, 0.3) is 0 Å². The summed E-state index contributed by atoms with van der Waals surface area (Å²) >= 11 is 11.9. The lowest BCUT2D eigenvalue weighted by molar-refractivity contribution is -0.124. The summed E-state index contributed by atoms with van der Waals surface area (Å²) in [7, 11) is 3.09. The number of hydrogen-bond acceptors (Lipinski definition) is 7. The number of anilines is 2. The van der Waals surface area contributed by atoms with Crippen molar-refractivity contribution in [2.24, 2.45) is 0 Å². The molecule has 3 aromatic carbocycles. The van der Waals surface area contributed by atoms with Crippen LogP contribution in [0.1, 0.15) is 29.3 Å². The van der Waals surface area contributed by atoms with Gasteiger partial charge in [0.15, 0.2) is 16.6 Å². The van der Waals surface area contributed by atoms with Gasteiger partial charge in [0.1, 0.15) is 6.04 Å². The van der Waals surface area contributed by atoms with Crippen molar-refractivity contribution in [1.29, 1.82) is 0 Å². The molecule has 1 heterocycles. The SMILES string of the molecule is CCOC(=O)c1ccc(NC(=O)CC2C(=O)N(c3cccc(Cl)c3)C(=S)N2Cc2ccc(OC)c(OC)c2)cc1. The van der Waals surface area contributed by atoms with E-state index < -0.39 is 17.9 Å². The zero-order chi connectivity index (χ0) is 28.8. The lowest BCUT2D eigenvalue weighted by Crippen LogP contribution is -2.37. The van der Waals surface area contributed by atoms with Crippen molar-refractivity contribution in [3.05, 3.63) is 82.9 Å². The smallest absolute Gasteiger partial charge is 0.338 e. The van der Waals surface area contributed by atoms with E-state index in [1.54, 1.807) is 86.7 Å². The highest BCUT2D eigenvalue weighted by Gasteiger charge is 2.44. The number of halogens is 1. The fourth-order valence-electron chi connectivity index (χ4n) is 4.33. The Hall–Kier alpha value is -4.15. The molecule has 1 fully saturated rings. The second-order valence-corrected chi connectivity index (χ2v) is 9.62. The predicted molar refractivity (Wildman–Crippen MR) is 156 cm³/mol. The van der Waals surface area contributed by atoms with Crippen molar-refractivity contribution in [2.75, 3.05) is 31.0 Å². The number of amides is 2. The summed E-state index contributed by atoms with van der Waals surface area (Å²) < 4.78 is 15.7. The van der Waals surface area contributed by atoms with Crippen molar-refractivity contribution in [1.82, 2.24) is 4.90 Å². The van der Waals surface area contributed by atoms with Crippen LogP contribution in [0.4, 0.5) is 11.4 Å². The van der Waals surface area contributed by atoms with E-state index in [0.717, 1.165) is 5.56 Å². The number of hydrogen-bond donors (Lipinski definition) is 1. The highest BCUT2D eigenvalue weighted by Crippen LogP contribution is 2.33. The van der Waals surface area contributed by atoms with Gasteiger partial charge in [-0.05, 0) is 79.3 Å². The molecule has 208 valence electrons. The topological polar surface area (TPSA) is 97.4 Å². The van der Waals surface area contributed by atoms with E-state index in [9.17, 15) is 14.4 Å². The molecule has 1 aliphatic heterocycles. The molecule has 0 aromatic heterocycles. The van der Waals surface area contributed by atoms with E-state index in [1.165, 1.54) is 4.90 Å². The van der Waals surface area contributed by atoms with Gasteiger partial charge in [-0.25, -0.2) is 4.79 Å². The zero-order valence-electron chi connectivity index (χ0n) is 22.2. The Morgan fingerprint density at radius 2 is 1.73 bits per heavy atom. The Kier molecular flexibility index (Phi) is 9.23. The molecular formula is C29H28ClN3O6S. The van der Waals surface area contributed by atoms with Crippen LogP contribution in [0, 0.1) is 0 Å². The Morgan fingerprint density at radius 1 is 1.00 bits per heavy atom. The van der Waals surface area contributed by atoms with Gasteiger partial charge in [-0.15, -0.1) is 0 Å². The number of carbonyl (C=O) groups is 3. The third-order valence-electron chi connectivity index (χ3n) is 6.24. The summed E-state index contributed by atoms with van der Waals surface area (Å²) in [5, 5.41) is 3.49. The average Bonchev–Trinajstić information content (AvgIpc) is 3.17. The zero-order valence-corrected chi connectivity index (χ0v) is 23.8. The largest absolute Gasteiger partial charge is 0.493 e. The Morgan fingerprint density at radius 3 is 2.38 bits per heavy atom. The third-order valence-corrected chi connectivity index (χ3v) is 6.90. The van der Waals surface area contributed by atoms with E-state index in [0.29, 0.717) is 33.5 Å². The van der Waals surface area contributed by atoms with Crippen LogP contribution >= 0.6 is 23.8 Å². The second-order valence-electron chi connectivity index (χ2n) is 8.82. The van der Waals surface area contributed by atoms with Gasteiger partial charge in [-0.1, -0.05) is 23.7 Å². The fraction of sp³-hybridized carbons (Fsp3) is 0.241. The van der Waals surface area contributed by atoms with Crippen molar-refractivity contribution in [3.63, 3.8) is 0 Å². The van der Waals surface area contributed by atoms with Crippen LogP contribution in [-0.4, -0.2) is 54.7 Å². The average molecular weight is 582 g/mol. The number of ether oxygens (including phenoxy) is 3. The van der Waals surface area contributed by atoms with E-state index in [2.05, 4.69) is 5.32 Å². The molecule has 1 unspecified atom stereocenters. The van der Waals surface area contributed by atoms with Crippen LogP contribution in [-0.2, 0) is 20.9 Å². The minimum atomic E-state index is -0.876. The summed E-state index contributed by atoms with van der Waals surface area (Å²) in [5.74, 6) is -0.0892. The number of thiocarbonyl (C=S) groups is 1. The number of rotatable bonds is 10. The number of benzene rings is 3. The lowest BCUT2D eigenvalue weighted by Gasteiger charge is -2.24. The van der Waals surface area contributed by atoms with Crippen molar-refractivity contribution in [2.45, 2.75) is 25.9 Å². The standard InChI is InChI=1S/C29H28ClN3O6S/c1-4-39-28(36)19-9-11-21(12-10-19)31-26(34)16-23-27(35)33(22-7-5-6-20(30)15-22)29(40)32(23)17-18-8-13-24(37-2)25(14-18)38-3/h5-15,23H,4,16-17H2,1-3H3,(H,31,34). The Labute approximate surface area is 242 Å². The van der Waals surface area contributed by atoms with E-state index in [1.807, 2.05) is 6.07 Å². The molecule has 0 saturated carbocycles. The fourth-order valence-corrected chi connectivity index (χ4v) is 4.91. The van der Waals surface area contributed by atoms with Crippen LogP contribution in [0.2, 0.25) is 5.02 Å². The van der Waals surface area contributed by atoms with Crippen molar-refractivity contribution >= 4 is 58.1 Å². The summed E-state index contributed by atoms with van der Waals surface area (Å²) in [5.41, 5.74) is 2.16. The Bertz CT molecular complexity index is 1430. The minimum Gasteiger partial charge on any atom is -0.493 e. The maximum atomic E-state index is 13.7. The van der Waals surface area contributed by atoms with Gasteiger partial charge in [0.2, 0.25) is 5.91 Å². The highest BCUT2D eigenvalue weighted by molar-refractivity contribution is 7.80. The molecule has 0 aliphatic carbocycles. The first-order valence-corrected chi connectivity index (χ1v) is 13.2. The first-order chi connectivity index (χ1) is 19.2. The van der Waals surface area contributed by atoms with Crippen LogP contribution < -0.4 is 19.7 Å². The molecule has 0 bridgehead atoms. The van der Waals surface area contributed by atoms with Crippen LogP contribution in [0.15, 0.2) is 66.7 Å². The van der Waals surface area contributed by atoms with E-state index in [-0.39, 0.29) is 30.6 Å². The summed E-state index contributed by atoms with van der Waals surface area (Å²) in [6.45, 7) is 2.24. The molecule has 1 saturated heterocycles. The quantitative estimate of drug-likeness (QED) is 0.262. The summed E-state index contributed by atoms with van der Waals surface area (Å²) in [4.78, 5) is 41.8. The lowest BCUT2D eigenvalue weighted by atomic mass is 10.1.